The van der Waals surface area contributed by atoms with E-state index in [-0.39, 0.29) is 22.7 Å². The zero-order valence-corrected chi connectivity index (χ0v) is 40.3. The zero-order chi connectivity index (χ0) is 41.4. The van der Waals surface area contributed by atoms with Crippen LogP contribution >= 0.6 is 41.6 Å². The molecule has 0 nitrogen and oxygen atoms in total. The van der Waals surface area contributed by atoms with Crippen LogP contribution in [-0.4, -0.2) is 5.66 Å². The van der Waals surface area contributed by atoms with E-state index in [1.807, 2.05) is 32.1 Å². The van der Waals surface area contributed by atoms with E-state index in [1.54, 1.807) is 0 Å². The molecule has 10 radical (unpaired) electrons. The Morgan fingerprint density at radius 1 is 0.393 bits per heavy atom. The van der Waals surface area contributed by atoms with E-state index in [2.05, 4.69) is 232 Å². The van der Waals surface area contributed by atoms with Crippen LogP contribution in [0.4, 0.5) is 0 Å². The molecule has 2 aliphatic carbocycles. The predicted molar refractivity (Wildman–Crippen MR) is 272 cm³/mol. The standard InChI is InChI=1S/C51H45Br2P2.C5H5.Fe/c1-41(54(52,44-27-12-4-13-28-44,45-29-14-5-15-30-45)39-42-23-8-2-9-24-42)48-36-22-37-49(48)50-35-20-21-38-51(50)55(53,46-31-16-6-17-32-46,47-33-18-7-19-34-47)40-43-25-10-3-11-26-43;1-2-4-5-3-1;/h2-38,41H,39-40H2,1H3;1-5H;/t41-;;/m1../s1. The van der Waals surface area contributed by atoms with E-state index in [1.165, 1.54) is 55.0 Å². The second-order valence-corrected chi connectivity index (χ2v) is 34.0. The van der Waals surface area contributed by atoms with Crippen molar-refractivity contribution in [3.05, 3.63) is 286 Å². The molecule has 0 aliphatic heterocycles. The van der Waals surface area contributed by atoms with E-state index in [0.717, 1.165) is 12.3 Å². The number of halogens is 2. The third kappa shape index (κ3) is 8.88. The first-order valence-corrected chi connectivity index (χ1v) is 29.6. The summed E-state index contributed by atoms with van der Waals surface area (Å²) in [5, 5.41) is 0.0208. The fourth-order valence-corrected chi connectivity index (χ4v) is 25.5. The van der Waals surface area contributed by atoms with Gasteiger partial charge in [-0.25, -0.2) is 0 Å². The predicted octanol–water partition coefficient (Wildman–Crippen LogP) is 13.3. The Morgan fingerprint density at radius 3 is 1.20 bits per heavy atom. The van der Waals surface area contributed by atoms with Crippen LogP contribution in [0.25, 0.3) is 0 Å². The first-order valence-electron chi connectivity index (χ1n) is 20.6. The summed E-state index contributed by atoms with van der Waals surface area (Å²) in [6.45, 7) is 2.48. The third-order valence-corrected chi connectivity index (χ3v) is 32.5. The molecule has 7 aromatic carbocycles. The summed E-state index contributed by atoms with van der Waals surface area (Å²) < 4.78 is 0. The summed E-state index contributed by atoms with van der Waals surface area (Å²) in [6.07, 6.45) is 18.7. The van der Waals surface area contributed by atoms with Gasteiger partial charge in [0.05, 0.1) is 0 Å². The van der Waals surface area contributed by atoms with Crippen molar-refractivity contribution < 1.29 is 17.1 Å². The topological polar surface area (TPSA) is 0 Å². The number of benzene rings is 7. The molecule has 0 saturated heterocycles. The zero-order valence-electron chi connectivity index (χ0n) is 34.2. The van der Waals surface area contributed by atoms with E-state index in [4.69, 9.17) is 31.0 Å². The van der Waals surface area contributed by atoms with Crippen molar-refractivity contribution in [2.45, 2.75) is 24.9 Å². The largest absolute Gasteiger partial charge is 0.0312 e. The normalized spacial score (nSPS) is 16.4. The van der Waals surface area contributed by atoms with Crippen LogP contribution in [0.5, 0.6) is 0 Å². The minimum absolute atomic E-state index is 0. The Bertz CT molecular complexity index is 2320. The molecule has 0 unspecified atom stereocenters. The second kappa shape index (κ2) is 20.2. The SMILES string of the molecule is C[C@H]([C]1[CH][CH][CH][C]1c1ccccc1P(Br)(Cc1ccccc1)(c1ccccc1)c1ccccc1)P(Br)(Cc1ccccc1)(c1ccccc1)c1ccccc1.[CH]1[CH][CH][CH][CH]1.[Fe]. The maximum atomic E-state index is 4.86. The van der Waals surface area contributed by atoms with Gasteiger partial charge in [0.2, 0.25) is 0 Å². The van der Waals surface area contributed by atoms with Gasteiger partial charge < -0.3 is 0 Å². The summed E-state index contributed by atoms with van der Waals surface area (Å²) in [7, 11) is 0. The van der Waals surface area contributed by atoms with Crippen LogP contribution in [0.3, 0.4) is 0 Å². The Morgan fingerprint density at radius 2 is 0.754 bits per heavy atom. The van der Waals surface area contributed by atoms with Crippen molar-refractivity contribution in [2.75, 3.05) is 0 Å². The minimum atomic E-state index is -3.40. The van der Waals surface area contributed by atoms with Crippen molar-refractivity contribution in [3.8, 4) is 0 Å². The minimum Gasteiger partial charge on any atom is -0.0312 e. The smallest absolute Gasteiger partial charge is 0 e. The molecule has 1 atom stereocenters. The van der Waals surface area contributed by atoms with Crippen LogP contribution < -0.4 is 26.5 Å². The van der Waals surface area contributed by atoms with Crippen LogP contribution in [0.1, 0.15) is 23.6 Å². The van der Waals surface area contributed by atoms with Crippen molar-refractivity contribution in [2.24, 2.45) is 0 Å². The molecule has 2 saturated carbocycles. The van der Waals surface area contributed by atoms with Crippen LogP contribution in [0, 0.1) is 63.2 Å². The van der Waals surface area contributed by atoms with Crippen molar-refractivity contribution >= 4 is 68.1 Å². The van der Waals surface area contributed by atoms with Gasteiger partial charge in [-0.2, -0.15) is 0 Å². The van der Waals surface area contributed by atoms with Crippen LogP contribution in [0.2, 0.25) is 0 Å². The molecule has 61 heavy (non-hydrogen) atoms. The Balaban J connectivity index is 0.000000873. The van der Waals surface area contributed by atoms with Crippen molar-refractivity contribution in [1.82, 2.24) is 0 Å². The number of hydrogen-bond donors (Lipinski definition) is 0. The van der Waals surface area contributed by atoms with Gasteiger partial charge in [-0.1, -0.05) is 0 Å². The molecule has 9 rings (SSSR count). The Labute approximate surface area is 393 Å². The third-order valence-electron chi connectivity index (χ3n) is 12.2. The molecule has 5 heteroatoms. The quantitative estimate of drug-likeness (QED) is 0.0845. The summed E-state index contributed by atoms with van der Waals surface area (Å²) in [5.74, 6) is 2.63. The van der Waals surface area contributed by atoms with Gasteiger partial charge in [0, 0.05) is 17.1 Å². The van der Waals surface area contributed by atoms with Gasteiger partial charge in [-0.3, -0.25) is 0 Å². The summed E-state index contributed by atoms with van der Waals surface area (Å²) in [5.41, 5.74) is 4.01. The van der Waals surface area contributed by atoms with Gasteiger partial charge >= 0.3 is 347 Å². The molecular weight excluding hydrogens is 950 g/mol. The molecule has 306 valence electrons. The van der Waals surface area contributed by atoms with Crippen LogP contribution in [-0.2, 0) is 29.4 Å². The van der Waals surface area contributed by atoms with Gasteiger partial charge in [0.1, 0.15) is 0 Å². The second-order valence-electron chi connectivity index (χ2n) is 15.6. The van der Waals surface area contributed by atoms with Crippen LogP contribution in [0.15, 0.2) is 206 Å². The van der Waals surface area contributed by atoms with Crippen molar-refractivity contribution in [3.63, 3.8) is 0 Å². The first kappa shape index (κ1) is 45.9. The summed E-state index contributed by atoms with van der Waals surface area (Å²) >= 11 is 9.70. The Hall–Kier alpha value is -3.12. The summed E-state index contributed by atoms with van der Waals surface area (Å²) in [4.78, 5) is 0. The van der Waals surface area contributed by atoms with Gasteiger partial charge in [0.25, 0.3) is 0 Å². The maximum absolute atomic E-state index is 4.86. The van der Waals surface area contributed by atoms with Crippen molar-refractivity contribution in [1.29, 1.82) is 0 Å². The maximum Gasteiger partial charge on any atom is 0 e. The number of rotatable bonds is 12. The molecule has 2 fully saturated rings. The van der Waals surface area contributed by atoms with E-state index in [0.29, 0.717) is 0 Å². The van der Waals surface area contributed by atoms with E-state index in [9.17, 15) is 0 Å². The Kier molecular flexibility index (Phi) is 15.2. The molecule has 0 heterocycles. The summed E-state index contributed by atoms with van der Waals surface area (Å²) in [6, 6.07) is 76.2. The fraction of sp³-hybridized carbons (Fsp3) is 0.0714. The molecule has 0 aromatic heterocycles. The molecule has 0 bridgehead atoms. The van der Waals surface area contributed by atoms with Gasteiger partial charge in [-0.05, 0) is 32.1 Å². The molecule has 2 aliphatic rings. The average Bonchev–Trinajstić information content (AvgIpc) is 4.08. The number of hydrogen-bond acceptors (Lipinski definition) is 0. The molecule has 0 amide bonds. The van der Waals surface area contributed by atoms with E-state index < -0.39 is 10.6 Å². The molecular formula is C56H50Br2FeP2. The van der Waals surface area contributed by atoms with Gasteiger partial charge in [0.15, 0.2) is 0 Å². The van der Waals surface area contributed by atoms with Gasteiger partial charge in [-0.15, -0.1) is 0 Å². The first-order chi connectivity index (χ1) is 29.3. The fourth-order valence-electron chi connectivity index (χ4n) is 9.22. The monoisotopic (exact) mass is 998 g/mol. The molecule has 7 aromatic rings. The molecule has 0 N–H and O–H groups in total. The molecule has 0 spiro atoms. The average molecular weight is 1000 g/mol. The van der Waals surface area contributed by atoms with E-state index >= 15 is 0 Å².